The molecule has 3 heterocycles. The largest absolute Gasteiger partial charge is 0.497 e. The van der Waals surface area contributed by atoms with Gasteiger partial charge in [0.05, 0.1) is 31.0 Å². The number of aromatic nitrogens is 1. The molecule has 3 amide bonds. The van der Waals surface area contributed by atoms with Crippen LogP contribution in [0.25, 0.3) is 10.9 Å². The Morgan fingerprint density at radius 2 is 1.94 bits per heavy atom. The smallest absolute Gasteiger partial charge is 0.273 e. The van der Waals surface area contributed by atoms with Gasteiger partial charge in [-0.2, -0.15) is 0 Å². The molecule has 2 aliphatic heterocycles. The average Bonchev–Trinajstić information content (AvgIpc) is 3.48. The SMILES string of the molecule is COc1ccc2c(c1)c(NC(C)=O)c1n2C[C@](C)(C(=O)NC2CCCCC2)N(C[C@@H]2CCCO2)C1=O. The van der Waals surface area contributed by atoms with Crippen LogP contribution in [0, 0.1) is 0 Å². The van der Waals surface area contributed by atoms with E-state index in [1.54, 1.807) is 12.0 Å². The van der Waals surface area contributed by atoms with Crippen LogP contribution in [-0.2, 0) is 20.9 Å². The highest BCUT2D eigenvalue weighted by atomic mass is 16.5. The van der Waals surface area contributed by atoms with Crippen LogP contribution < -0.4 is 15.4 Å². The maximum absolute atomic E-state index is 14.2. The van der Waals surface area contributed by atoms with E-state index in [1.165, 1.54) is 13.3 Å². The Morgan fingerprint density at radius 1 is 1.17 bits per heavy atom. The second-order valence-electron chi connectivity index (χ2n) is 10.5. The summed E-state index contributed by atoms with van der Waals surface area (Å²) in [5, 5.41) is 6.85. The molecule has 1 saturated heterocycles. The molecule has 5 rings (SSSR count). The van der Waals surface area contributed by atoms with Gasteiger partial charge in [-0.1, -0.05) is 19.3 Å². The number of fused-ring (bicyclic) bond motifs is 3. The molecule has 0 spiro atoms. The van der Waals surface area contributed by atoms with Crippen molar-refractivity contribution in [2.45, 2.75) is 83.0 Å². The van der Waals surface area contributed by atoms with Crippen molar-refractivity contribution in [2.75, 3.05) is 25.6 Å². The minimum Gasteiger partial charge on any atom is -0.497 e. The molecule has 0 bridgehead atoms. The average molecular weight is 497 g/mol. The first kappa shape index (κ1) is 24.6. The van der Waals surface area contributed by atoms with Crippen molar-refractivity contribution >= 4 is 34.3 Å². The van der Waals surface area contributed by atoms with Crippen molar-refractivity contribution in [3.63, 3.8) is 0 Å². The second kappa shape index (κ2) is 9.76. The molecule has 2 atom stereocenters. The number of amides is 3. The van der Waals surface area contributed by atoms with Gasteiger partial charge in [0.25, 0.3) is 5.91 Å². The molecule has 3 aliphatic rings. The summed E-state index contributed by atoms with van der Waals surface area (Å²) in [5.74, 6) is -0.0618. The van der Waals surface area contributed by atoms with E-state index in [1.807, 2.05) is 29.7 Å². The van der Waals surface area contributed by atoms with E-state index in [9.17, 15) is 14.4 Å². The van der Waals surface area contributed by atoms with Crippen LogP contribution in [0.5, 0.6) is 5.75 Å². The van der Waals surface area contributed by atoms with Crippen molar-refractivity contribution in [1.82, 2.24) is 14.8 Å². The Bertz CT molecular complexity index is 1180. The quantitative estimate of drug-likeness (QED) is 0.638. The third kappa shape index (κ3) is 4.34. The van der Waals surface area contributed by atoms with Gasteiger partial charge < -0.3 is 29.6 Å². The van der Waals surface area contributed by atoms with Gasteiger partial charge in [-0.3, -0.25) is 14.4 Å². The van der Waals surface area contributed by atoms with Crippen molar-refractivity contribution in [3.05, 3.63) is 23.9 Å². The lowest BCUT2D eigenvalue weighted by Gasteiger charge is -2.45. The highest BCUT2D eigenvalue weighted by Crippen LogP contribution is 2.40. The van der Waals surface area contributed by atoms with Gasteiger partial charge in [-0.25, -0.2) is 0 Å². The lowest BCUT2D eigenvalue weighted by atomic mass is 9.91. The van der Waals surface area contributed by atoms with Gasteiger partial charge in [-0.05, 0) is 50.8 Å². The fraction of sp³-hybridized carbons (Fsp3) is 0.593. The third-order valence-corrected chi connectivity index (χ3v) is 7.92. The molecule has 1 saturated carbocycles. The normalized spacial score (nSPS) is 24.6. The molecule has 2 aromatic rings. The van der Waals surface area contributed by atoms with Crippen molar-refractivity contribution in [1.29, 1.82) is 0 Å². The lowest BCUT2D eigenvalue weighted by Crippen LogP contribution is -2.66. The molecule has 194 valence electrons. The number of methoxy groups -OCH3 is 1. The van der Waals surface area contributed by atoms with Gasteiger partial charge in [-0.15, -0.1) is 0 Å². The minimum absolute atomic E-state index is 0.115. The Morgan fingerprint density at radius 3 is 2.61 bits per heavy atom. The van der Waals surface area contributed by atoms with Crippen LogP contribution in [0.3, 0.4) is 0 Å². The molecule has 9 heteroatoms. The number of rotatable bonds is 6. The first-order chi connectivity index (χ1) is 17.3. The predicted octanol–water partition coefficient (Wildman–Crippen LogP) is 3.45. The topological polar surface area (TPSA) is 102 Å². The molecule has 36 heavy (non-hydrogen) atoms. The van der Waals surface area contributed by atoms with Crippen molar-refractivity contribution in [3.8, 4) is 5.75 Å². The molecular weight excluding hydrogens is 460 g/mol. The number of benzene rings is 1. The molecule has 1 aliphatic carbocycles. The van der Waals surface area contributed by atoms with E-state index in [2.05, 4.69) is 10.6 Å². The van der Waals surface area contributed by atoms with Gasteiger partial charge in [0, 0.05) is 31.5 Å². The molecule has 0 unspecified atom stereocenters. The van der Waals surface area contributed by atoms with E-state index >= 15 is 0 Å². The summed E-state index contributed by atoms with van der Waals surface area (Å²) in [4.78, 5) is 42.0. The summed E-state index contributed by atoms with van der Waals surface area (Å²) < 4.78 is 13.2. The highest BCUT2D eigenvalue weighted by molar-refractivity contribution is 6.14. The zero-order chi connectivity index (χ0) is 25.4. The van der Waals surface area contributed by atoms with Crippen LogP contribution in [0.2, 0.25) is 0 Å². The van der Waals surface area contributed by atoms with E-state index in [-0.39, 0.29) is 36.4 Å². The fourth-order valence-corrected chi connectivity index (χ4v) is 5.95. The number of hydrogen-bond donors (Lipinski definition) is 2. The van der Waals surface area contributed by atoms with Crippen LogP contribution in [0.15, 0.2) is 18.2 Å². The molecule has 0 radical (unpaired) electrons. The van der Waals surface area contributed by atoms with E-state index in [0.717, 1.165) is 44.0 Å². The predicted molar refractivity (Wildman–Crippen MR) is 136 cm³/mol. The summed E-state index contributed by atoms with van der Waals surface area (Å²) in [7, 11) is 1.58. The maximum atomic E-state index is 14.2. The van der Waals surface area contributed by atoms with E-state index in [0.29, 0.717) is 35.7 Å². The Balaban J connectivity index is 1.61. The molecule has 1 aromatic carbocycles. The molecule has 2 fully saturated rings. The third-order valence-electron chi connectivity index (χ3n) is 7.92. The minimum atomic E-state index is -1.10. The summed E-state index contributed by atoms with van der Waals surface area (Å²) in [6, 6.07) is 5.66. The monoisotopic (exact) mass is 496 g/mol. The number of carbonyl (C=O) groups is 3. The zero-order valence-corrected chi connectivity index (χ0v) is 21.4. The van der Waals surface area contributed by atoms with Gasteiger partial charge in [0.2, 0.25) is 11.8 Å². The van der Waals surface area contributed by atoms with Crippen LogP contribution in [0.1, 0.15) is 69.3 Å². The summed E-state index contributed by atoms with van der Waals surface area (Å²) >= 11 is 0. The summed E-state index contributed by atoms with van der Waals surface area (Å²) in [6.07, 6.45) is 7.01. The molecule has 9 nitrogen and oxygen atoms in total. The van der Waals surface area contributed by atoms with Crippen LogP contribution in [0.4, 0.5) is 5.69 Å². The van der Waals surface area contributed by atoms with Crippen molar-refractivity contribution < 1.29 is 23.9 Å². The number of anilines is 1. The fourth-order valence-electron chi connectivity index (χ4n) is 5.95. The first-order valence-corrected chi connectivity index (χ1v) is 13.0. The number of ether oxygens (including phenoxy) is 2. The zero-order valence-electron chi connectivity index (χ0n) is 21.4. The molecule has 2 N–H and O–H groups in total. The van der Waals surface area contributed by atoms with E-state index in [4.69, 9.17) is 9.47 Å². The van der Waals surface area contributed by atoms with Gasteiger partial charge in [0.15, 0.2) is 0 Å². The first-order valence-electron chi connectivity index (χ1n) is 13.0. The van der Waals surface area contributed by atoms with Crippen molar-refractivity contribution in [2.24, 2.45) is 0 Å². The maximum Gasteiger partial charge on any atom is 0.273 e. The Labute approximate surface area is 211 Å². The number of nitrogens with one attached hydrogen (secondary N) is 2. The summed E-state index contributed by atoms with van der Waals surface area (Å²) in [5.41, 5.74) is 0.506. The standard InChI is InChI=1S/C27H36N4O5/c1-17(32)28-23-21-14-19(35-3)11-12-22(21)30-16-27(2,26(34)29-18-8-5-4-6-9-18)31(25(33)24(23)30)15-20-10-7-13-36-20/h11-12,14,18,20H,4-10,13,15-16H2,1-3H3,(H,28,32)(H,29,34)/t20-,27+/m0/s1. The van der Waals surface area contributed by atoms with Crippen LogP contribution >= 0.6 is 0 Å². The van der Waals surface area contributed by atoms with Crippen LogP contribution in [-0.4, -0.2) is 65.1 Å². The molecule has 1 aromatic heterocycles. The Hall–Kier alpha value is -3.07. The molecular formula is C27H36N4O5. The number of nitrogens with zero attached hydrogens (tertiary/aromatic N) is 2. The number of hydrogen-bond acceptors (Lipinski definition) is 5. The lowest BCUT2D eigenvalue weighted by molar-refractivity contribution is -0.134. The summed E-state index contributed by atoms with van der Waals surface area (Å²) in [6.45, 7) is 4.55. The highest BCUT2D eigenvalue weighted by Gasteiger charge is 2.50. The Kier molecular flexibility index (Phi) is 6.68. The van der Waals surface area contributed by atoms with Gasteiger partial charge in [0.1, 0.15) is 17.0 Å². The van der Waals surface area contributed by atoms with E-state index < -0.39 is 5.54 Å². The number of carbonyl (C=O) groups excluding carboxylic acids is 3. The van der Waals surface area contributed by atoms with Gasteiger partial charge >= 0.3 is 0 Å². The second-order valence-corrected chi connectivity index (χ2v) is 10.5.